The van der Waals surface area contributed by atoms with Gasteiger partial charge in [0.2, 0.25) is 0 Å². The molecule has 0 saturated carbocycles. The predicted octanol–water partition coefficient (Wildman–Crippen LogP) is 21.9. The van der Waals surface area contributed by atoms with Crippen molar-refractivity contribution >= 4 is 23.5 Å². The molecule has 86 heavy (non-hydrogen) atoms. The van der Waals surface area contributed by atoms with Gasteiger partial charge < -0.3 is 9.47 Å². The molecule has 0 N–H and O–H groups in total. The first-order valence-corrected chi connectivity index (χ1v) is 32.0. The first kappa shape index (κ1) is 74.9. The fourth-order valence-electron chi connectivity index (χ4n) is 9.94. The molecule has 6 heteroatoms. The monoisotopic (exact) mass is 1160 g/mol. The molecule has 0 amide bonds. The van der Waals surface area contributed by atoms with Gasteiger partial charge in [0.25, 0.3) is 0 Å². The lowest BCUT2D eigenvalue weighted by molar-refractivity contribution is -0.151. The average Bonchev–Trinajstić information content (AvgIpc) is 2.38. The lowest BCUT2D eigenvalue weighted by Gasteiger charge is -2.36. The molecule has 2 aliphatic carbocycles. The van der Waals surface area contributed by atoms with Crippen LogP contribution in [0.2, 0.25) is 0 Å². The first-order valence-electron chi connectivity index (χ1n) is 32.0. The summed E-state index contributed by atoms with van der Waals surface area (Å²) in [6, 6.07) is 0. The zero-order valence-electron chi connectivity index (χ0n) is 55.0. The van der Waals surface area contributed by atoms with E-state index in [9.17, 15) is 19.2 Å². The summed E-state index contributed by atoms with van der Waals surface area (Å²) in [4.78, 5) is 52.2. The smallest absolute Gasteiger partial charge is 0.331 e. The van der Waals surface area contributed by atoms with E-state index < -0.39 is 24.1 Å². The molecule has 0 heterocycles. The van der Waals surface area contributed by atoms with Gasteiger partial charge in [0.05, 0.1) is 0 Å². The van der Waals surface area contributed by atoms with E-state index in [1.165, 1.54) is 102 Å². The Kier molecular flexibility index (Phi) is 39.4. The zero-order valence-corrected chi connectivity index (χ0v) is 55.0. The van der Waals surface area contributed by atoms with E-state index in [0.717, 1.165) is 46.3 Å². The third kappa shape index (κ3) is 34.1. The Morgan fingerprint density at radius 1 is 0.384 bits per heavy atom. The summed E-state index contributed by atoms with van der Waals surface area (Å²) in [6.07, 6.45) is 85.9. The minimum Gasteiger partial charge on any atom is -0.451 e. The summed E-state index contributed by atoms with van der Waals surface area (Å²) in [5, 5.41) is 0. The highest BCUT2D eigenvalue weighted by molar-refractivity contribution is 6.03. The van der Waals surface area contributed by atoms with E-state index >= 15 is 0 Å². The molecular formula is C80H108O6. The van der Waals surface area contributed by atoms with Gasteiger partial charge in [-0.2, -0.15) is 0 Å². The van der Waals surface area contributed by atoms with Crippen LogP contribution in [0.4, 0.5) is 0 Å². The Morgan fingerprint density at radius 2 is 0.674 bits per heavy atom. The quantitative estimate of drug-likeness (QED) is 0.0265. The van der Waals surface area contributed by atoms with Crippen molar-refractivity contribution in [3.05, 3.63) is 251 Å². The van der Waals surface area contributed by atoms with Crippen LogP contribution in [-0.2, 0) is 28.7 Å². The molecule has 0 aromatic carbocycles. The minimum atomic E-state index is -0.829. The number of rotatable bonds is 38. The predicted molar refractivity (Wildman–Crippen MR) is 369 cm³/mol. The van der Waals surface area contributed by atoms with Crippen molar-refractivity contribution in [1.29, 1.82) is 0 Å². The third-order valence-electron chi connectivity index (χ3n) is 15.0. The van der Waals surface area contributed by atoms with E-state index in [2.05, 4.69) is 104 Å². The summed E-state index contributed by atoms with van der Waals surface area (Å²) >= 11 is 0. The topological polar surface area (TPSA) is 86.7 Å². The standard InChI is InChI=1S/C80H108O6/c1-13-15-17-19-21-23-25-27-29-31-33-35-37-39-41-43-45-57-75(81)85-73-63-79(9,10)71(69(7)77(73)83)61-59-67(5)55-49-53-65(3)51-47-48-52-66(4)54-50-56-68(6)60-62-72-70(8)78(84)74(64-80(72,11)12)86-76(82)58-46-44-42-40-38-36-34-32-30-28-26-24-22-20-18-16-14-2/h29-62,73-74H,13-28,63-64H2,1-12H3/b31-29+,32-30+,35-33+,36-34+,39-37+,40-38+,43-41+,44-42+,48-47+,53-49+,54-50+,57-45+,58-46+,61-59+,62-60+,65-51+,66-52+,67-55+,68-56+. The molecule has 2 rings (SSSR count). The molecule has 0 aromatic rings. The van der Waals surface area contributed by atoms with Crippen LogP contribution < -0.4 is 0 Å². The van der Waals surface area contributed by atoms with Crippen LogP contribution in [0, 0.1) is 10.8 Å². The van der Waals surface area contributed by atoms with Gasteiger partial charge in [0.1, 0.15) is 0 Å². The van der Waals surface area contributed by atoms with Crippen LogP contribution in [-0.4, -0.2) is 35.7 Å². The summed E-state index contributed by atoms with van der Waals surface area (Å²) < 4.78 is 11.3. The van der Waals surface area contributed by atoms with E-state index in [-0.39, 0.29) is 22.4 Å². The Hall–Kier alpha value is -7.18. The first-order chi connectivity index (χ1) is 41.3. The van der Waals surface area contributed by atoms with Crippen molar-refractivity contribution in [3.8, 4) is 0 Å². The molecule has 2 atom stereocenters. The van der Waals surface area contributed by atoms with Gasteiger partial charge in [0, 0.05) is 25.0 Å². The van der Waals surface area contributed by atoms with Gasteiger partial charge in [0.15, 0.2) is 23.8 Å². The van der Waals surface area contributed by atoms with Crippen LogP contribution in [0.25, 0.3) is 0 Å². The maximum atomic E-state index is 13.4. The number of Topliss-reactive ketones (excluding diaryl/α,β-unsaturated/α-hetero) is 2. The third-order valence-corrected chi connectivity index (χ3v) is 15.0. The molecule has 6 nitrogen and oxygen atoms in total. The number of hydrogen-bond acceptors (Lipinski definition) is 6. The largest absolute Gasteiger partial charge is 0.451 e. The Morgan fingerprint density at radius 3 is 1.02 bits per heavy atom. The molecule has 0 aromatic heterocycles. The number of hydrogen-bond donors (Lipinski definition) is 0. The molecule has 0 spiro atoms. The maximum Gasteiger partial charge on any atom is 0.331 e. The van der Waals surface area contributed by atoms with Crippen molar-refractivity contribution in [1.82, 2.24) is 0 Å². The van der Waals surface area contributed by atoms with Crippen LogP contribution in [0.15, 0.2) is 251 Å². The van der Waals surface area contributed by atoms with E-state index in [1.54, 1.807) is 24.3 Å². The molecule has 0 radical (unpaired) electrons. The van der Waals surface area contributed by atoms with Gasteiger partial charge in [-0.15, -0.1) is 0 Å². The maximum absolute atomic E-state index is 13.4. The second kappa shape index (κ2) is 45.2. The molecule has 0 saturated heterocycles. The molecule has 0 bridgehead atoms. The number of ketones is 2. The molecule has 0 fully saturated rings. The van der Waals surface area contributed by atoms with E-state index in [1.807, 2.05) is 149 Å². The molecule has 0 aliphatic heterocycles. The van der Waals surface area contributed by atoms with Crippen LogP contribution in [0.5, 0.6) is 0 Å². The highest BCUT2D eigenvalue weighted by atomic mass is 16.6. The number of ether oxygens (including phenoxy) is 2. The highest BCUT2D eigenvalue weighted by Gasteiger charge is 2.41. The number of carbonyl (C=O) groups is 4. The molecular weight excluding hydrogens is 1060 g/mol. The normalized spacial score (nSPS) is 19.2. The SMILES string of the molecule is CCCCCCCCC/C=C/C=C/C=C/C=C/C=C/C(=O)OC1CC(C)(C)C(/C=C/C(C)=C/C=C/C(C)=C/C=C/C=C(C)/C=C/C=C(C)/C=C/C2=C(C)C(=O)C(OC(=O)/C=C/C=C/C=C/C=C/C=C/CCCCCCCCC)CC2(C)C)=C(C)C1=O. The van der Waals surface area contributed by atoms with Crippen molar-refractivity contribution in [2.24, 2.45) is 10.8 Å². The van der Waals surface area contributed by atoms with Crippen molar-refractivity contribution in [3.63, 3.8) is 0 Å². The van der Waals surface area contributed by atoms with Gasteiger partial charge >= 0.3 is 11.9 Å². The Bertz CT molecular complexity index is 2610. The highest BCUT2D eigenvalue weighted by Crippen LogP contribution is 2.42. The second-order valence-corrected chi connectivity index (χ2v) is 23.9. The van der Waals surface area contributed by atoms with E-state index in [4.69, 9.17) is 9.47 Å². The van der Waals surface area contributed by atoms with Crippen LogP contribution in [0.1, 0.15) is 199 Å². The number of unbranched alkanes of at least 4 members (excludes halogenated alkanes) is 14. The van der Waals surface area contributed by atoms with Gasteiger partial charge in [-0.3, -0.25) is 9.59 Å². The molecule has 464 valence electrons. The van der Waals surface area contributed by atoms with Gasteiger partial charge in [-0.1, -0.05) is 335 Å². The average molecular weight is 1170 g/mol. The number of esters is 2. The van der Waals surface area contributed by atoms with Crippen molar-refractivity contribution in [2.45, 2.75) is 211 Å². The lowest BCUT2D eigenvalue weighted by Crippen LogP contribution is -2.38. The van der Waals surface area contributed by atoms with Gasteiger partial charge in [-0.05, 0) is 100 Å². The summed E-state index contributed by atoms with van der Waals surface area (Å²) in [7, 11) is 0. The zero-order chi connectivity index (χ0) is 63.3. The van der Waals surface area contributed by atoms with Crippen LogP contribution in [0.3, 0.4) is 0 Å². The minimum absolute atomic E-state index is 0.163. The molecule has 2 aliphatic rings. The van der Waals surface area contributed by atoms with Crippen molar-refractivity contribution in [2.75, 3.05) is 0 Å². The second-order valence-electron chi connectivity index (χ2n) is 23.9. The fraction of sp³-hybridized carbons (Fsp3) is 0.425. The van der Waals surface area contributed by atoms with Crippen molar-refractivity contribution < 1.29 is 28.7 Å². The fourth-order valence-corrected chi connectivity index (χ4v) is 9.94. The number of carbonyl (C=O) groups excluding carboxylic acids is 4. The van der Waals surface area contributed by atoms with E-state index in [0.29, 0.717) is 24.0 Å². The summed E-state index contributed by atoms with van der Waals surface area (Å²) in [5.74, 6) is -1.40. The summed E-state index contributed by atoms with van der Waals surface area (Å²) in [5.41, 5.74) is 6.61. The van der Waals surface area contributed by atoms with Crippen LogP contribution >= 0.6 is 0 Å². The Balaban J connectivity index is 1.84. The number of allylic oxidation sites excluding steroid dienone is 38. The van der Waals surface area contributed by atoms with Gasteiger partial charge in [-0.25, -0.2) is 9.59 Å². The summed E-state index contributed by atoms with van der Waals surface area (Å²) in [6.45, 7) is 24.6. The Labute approximate surface area is 522 Å². The lowest BCUT2D eigenvalue weighted by atomic mass is 9.71. The molecule has 2 unspecified atom stereocenters.